The Hall–Kier alpha value is -2.30. The molecule has 28 heavy (non-hydrogen) atoms. The molecule has 10 heteroatoms. The van der Waals surface area contributed by atoms with Gasteiger partial charge in [-0.2, -0.15) is 0 Å². The van der Waals surface area contributed by atoms with E-state index in [1.165, 1.54) is 36.4 Å². The Bertz CT molecular complexity index is 873. The van der Waals surface area contributed by atoms with E-state index in [0.717, 1.165) is 12.1 Å². The number of alkyl halides is 3. The van der Waals surface area contributed by atoms with Gasteiger partial charge in [0.1, 0.15) is 24.0 Å². The van der Waals surface area contributed by atoms with Crippen molar-refractivity contribution in [2.24, 2.45) is 0 Å². The number of hydrogen-bond acceptors (Lipinski definition) is 6. The Morgan fingerprint density at radius 3 is 2.07 bits per heavy atom. The molecule has 1 atom stereocenters. The Balaban J connectivity index is 1.59. The molecular weight excluding hydrogens is 401 g/mol. The summed E-state index contributed by atoms with van der Waals surface area (Å²) in [4.78, 5) is 0.146. The van der Waals surface area contributed by atoms with E-state index in [2.05, 4.69) is 4.74 Å². The first-order chi connectivity index (χ1) is 13.2. The molecule has 0 aromatic heterocycles. The van der Waals surface area contributed by atoms with Crippen LogP contribution in [0.4, 0.5) is 13.2 Å². The van der Waals surface area contributed by atoms with Crippen molar-refractivity contribution in [1.29, 1.82) is 0 Å². The van der Waals surface area contributed by atoms with Crippen LogP contribution in [0.3, 0.4) is 0 Å². The van der Waals surface area contributed by atoms with Crippen LogP contribution in [0.1, 0.15) is 6.42 Å². The molecule has 0 radical (unpaired) electrons. The first kappa shape index (κ1) is 20.4. The zero-order chi connectivity index (χ0) is 20.2. The molecule has 0 amide bonds. The van der Waals surface area contributed by atoms with E-state index in [4.69, 9.17) is 14.2 Å². The maximum Gasteiger partial charge on any atom is 0.573 e. The van der Waals surface area contributed by atoms with Crippen molar-refractivity contribution in [3.05, 3.63) is 48.5 Å². The topological polar surface area (TPSA) is 71.1 Å². The van der Waals surface area contributed by atoms with Gasteiger partial charge in [0, 0.05) is 0 Å². The highest BCUT2D eigenvalue weighted by Gasteiger charge is 2.31. The molecule has 0 N–H and O–H groups in total. The summed E-state index contributed by atoms with van der Waals surface area (Å²) in [6, 6.07) is 10.7. The van der Waals surface area contributed by atoms with Crippen molar-refractivity contribution in [3.63, 3.8) is 0 Å². The summed E-state index contributed by atoms with van der Waals surface area (Å²) in [5.74, 6) is 0.194. The summed E-state index contributed by atoms with van der Waals surface area (Å²) in [5.41, 5.74) is 0. The van der Waals surface area contributed by atoms with Crippen LogP contribution in [0.15, 0.2) is 53.4 Å². The lowest BCUT2D eigenvalue weighted by molar-refractivity contribution is -0.274. The molecule has 6 nitrogen and oxygen atoms in total. The van der Waals surface area contributed by atoms with Gasteiger partial charge in [-0.1, -0.05) is 0 Å². The summed E-state index contributed by atoms with van der Waals surface area (Å²) in [6.07, 6.45) is -4.64. The van der Waals surface area contributed by atoms with Gasteiger partial charge in [0.25, 0.3) is 0 Å². The van der Waals surface area contributed by atoms with Gasteiger partial charge >= 0.3 is 6.36 Å². The second-order valence-electron chi connectivity index (χ2n) is 5.98. The Morgan fingerprint density at radius 1 is 0.964 bits per heavy atom. The lowest BCUT2D eigenvalue weighted by Crippen LogP contribution is -2.17. The van der Waals surface area contributed by atoms with Crippen LogP contribution in [0.2, 0.25) is 0 Å². The monoisotopic (exact) mass is 418 g/mol. The van der Waals surface area contributed by atoms with E-state index in [0.29, 0.717) is 18.8 Å². The summed E-state index contributed by atoms with van der Waals surface area (Å²) in [5, 5.41) is 0. The van der Waals surface area contributed by atoms with Crippen molar-refractivity contribution in [2.75, 3.05) is 19.2 Å². The number of halogens is 3. The molecule has 1 saturated heterocycles. The van der Waals surface area contributed by atoms with Gasteiger partial charge in [-0.25, -0.2) is 8.42 Å². The largest absolute Gasteiger partial charge is 0.573 e. The minimum Gasteiger partial charge on any atom is -0.457 e. The van der Waals surface area contributed by atoms with Gasteiger partial charge < -0.3 is 18.9 Å². The SMILES string of the molecule is O=S(=O)(CC[C@H]1COCO1)c1ccc(Oc2ccc(OC(F)(F)F)cc2)cc1. The van der Waals surface area contributed by atoms with E-state index >= 15 is 0 Å². The van der Waals surface area contributed by atoms with Crippen molar-refractivity contribution >= 4 is 9.84 Å². The van der Waals surface area contributed by atoms with E-state index in [9.17, 15) is 21.6 Å². The Labute approximate surface area is 159 Å². The van der Waals surface area contributed by atoms with Crippen LogP contribution in [-0.2, 0) is 19.3 Å². The van der Waals surface area contributed by atoms with E-state index < -0.39 is 16.2 Å². The molecule has 0 aliphatic carbocycles. The van der Waals surface area contributed by atoms with Gasteiger partial charge in [0.2, 0.25) is 0 Å². The average Bonchev–Trinajstić information content (AvgIpc) is 3.15. The molecular formula is C18H17F3O6S. The van der Waals surface area contributed by atoms with Gasteiger partial charge in [-0.15, -0.1) is 13.2 Å². The van der Waals surface area contributed by atoms with Crippen molar-refractivity contribution in [2.45, 2.75) is 23.8 Å². The molecule has 0 unspecified atom stereocenters. The lowest BCUT2D eigenvalue weighted by Gasteiger charge is -2.11. The first-order valence-electron chi connectivity index (χ1n) is 8.27. The van der Waals surface area contributed by atoms with Crippen LogP contribution < -0.4 is 9.47 Å². The third-order valence-corrected chi connectivity index (χ3v) is 5.64. The normalized spacial score (nSPS) is 17.5. The quantitative estimate of drug-likeness (QED) is 0.679. The molecule has 1 fully saturated rings. The molecule has 0 bridgehead atoms. The van der Waals surface area contributed by atoms with Crippen molar-refractivity contribution in [1.82, 2.24) is 0 Å². The molecule has 1 aliphatic heterocycles. The Kier molecular flexibility index (Phi) is 6.11. The maximum absolute atomic E-state index is 12.4. The summed E-state index contributed by atoms with van der Waals surface area (Å²) >= 11 is 0. The second kappa shape index (κ2) is 8.38. The fourth-order valence-electron chi connectivity index (χ4n) is 2.50. The zero-order valence-corrected chi connectivity index (χ0v) is 15.3. The summed E-state index contributed by atoms with van der Waals surface area (Å²) < 4.78 is 80.7. The molecule has 2 aromatic rings. The van der Waals surface area contributed by atoms with Gasteiger partial charge in [0.05, 0.1) is 23.4 Å². The van der Waals surface area contributed by atoms with E-state index in [-0.39, 0.29) is 35.0 Å². The number of ether oxygens (including phenoxy) is 4. The molecule has 1 heterocycles. The highest BCUT2D eigenvalue weighted by Crippen LogP contribution is 2.28. The van der Waals surface area contributed by atoms with Crippen LogP contribution >= 0.6 is 0 Å². The predicted molar refractivity (Wildman–Crippen MR) is 92.0 cm³/mol. The number of rotatable bonds is 7. The third kappa shape index (κ3) is 5.85. The van der Waals surface area contributed by atoms with Crippen LogP contribution in [0, 0.1) is 0 Å². The van der Waals surface area contributed by atoms with Crippen LogP contribution in [-0.4, -0.2) is 40.0 Å². The van der Waals surface area contributed by atoms with Crippen LogP contribution in [0.5, 0.6) is 17.2 Å². The summed E-state index contributed by atoms with van der Waals surface area (Å²) in [7, 11) is -3.47. The maximum atomic E-state index is 12.4. The minimum absolute atomic E-state index is 0.0676. The van der Waals surface area contributed by atoms with Gasteiger partial charge in [-0.3, -0.25) is 0 Å². The first-order valence-corrected chi connectivity index (χ1v) is 9.92. The van der Waals surface area contributed by atoms with Gasteiger partial charge in [-0.05, 0) is 55.0 Å². The molecule has 152 valence electrons. The fraction of sp³-hybridized carbons (Fsp3) is 0.333. The van der Waals surface area contributed by atoms with Gasteiger partial charge in [0.15, 0.2) is 9.84 Å². The highest BCUT2D eigenvalue weighted by molar-refractivity contribution is 7.91. The standard InChI is InChI=1S/C18H17F3O6S/c19-18(20,21)27-15-3-1-13(2-4-15)26-14-5-7-17(8-6-14)28(22,23)10-9-16-11-24-12-25-16/h1-8,16H,9-12H2/t16-/m0/s1. The molecule has 2 aromatic carbocycles. The lowest BCUT2D eigenvalue weighted by atomic mass is 10.3. The van der Waals surface area contributed by atoms with E-state index in [1.54, 1.807) is 0 Å². The number of benzene rings is 2. The van der Waals surface area contributed by atoms with Crippen molar-refractivity contribution in [3.8, 4) is 17.2 Å². The predicted octanol–water partition coefficient (Wildman–Crippen LogP) is 3.91. The number of sulfone groups is 1. The van der Waals surface area contributed by atoms with Crippen LogP contribution in [0.25, 0.3) is 0 Å². The number of hydrogen-bond donors (Lipinski definition) is 0. The molecule has 0 saturated carbocycles. The third-order valence-electron chi connectivity index (χ3n) is 3.88. The zero-order valence-electron chi connectivity index (χ0n) is 14.5. The van der Waals surface area contributed by atoms with Crippen molar-refractivity contribution < 1.29 is 40.5 Å². The minimum atomic E-state index is -4.76. The summed E-state index contributed by atoms with van der Waals surface area (Å²) in [6.45, 7) is 0.565. The Morgan fingerprint density at radius 2 is 1.54 bits per heavy atom. The highest BCUT2D eigenvalue weighted by atomic mass is 32.2. The smallest absolute Gasteiger partial charge is 0.457 e. The van der Waals surface area contributed by atoms with E-state index in [1.807, 2.05) is 0 Å². The average molecular weight is 418 g/mol. The fourth-order valence-corrected chi connectivity index (χ4v) is 3.86. The molecule has 1 aliphatic rings. The molecule has 3 rings (SSSR count). The molecule has 0 spiro atoms. The second-order valence-corrected chi connectivity index (χ2v) is 8.09.